The van der Waals surface area contributed by atoms with Crippen molar-refractivity contribution < 1.29 is 14.0 Å². The number of furan rings is 1. The third-order valence-electron chi connectivity index (χ3n) is 4.83. The van der Waals surface area contributed by atoms with Gasteiger partial charge in [-0.05, 0) is 43.2 Å². The summed E-state index contributed by atoms with van der Waals surface area (Å²) in [5, 5.41) is 13.1. The zero-order valence-electron chi connectivity index (χ0n) is 16.7. The highest BCUT2D eigenvalue weighted by molar-refractivity contribution is 8.14. The molecular formula is C22H22N4O3S. The number of thioether (sulfide) groups is 1. The number of carbonyl (C=O) groups is 2. The molecule has 3 rings (SSSR count). The normalized spacial score (nSPS) is 18.5. The van der Waals surface area contributed by atoms with Gasteiger partial charge in [-0.2, -0.15) is 5.26 Å². The number of benzene rings is 1. The summed E-state index contributed by atoms with van der Waals surface area (Å²) in [5.74, 6) is -1.74. The number of carbonyl (C=O) groups excluding carboxylic acids is 2. The molecule has 1 aliphatic heterocycles. The van der Waals surface area contributed by atoms with Crippen LogP contribution >= 0.6 is 11.8 Å². The minimum absolute atomic E-state index is 0.0800. The fourth-order valence-corrected chi connectivity index (χ4v) is 4.27. The zero-order chi connectivity index (χ0) is 21.7. The number of hydrogen-bond acceptors (Lipinski definition) is 6. The van der Waals surface area contributed by atoms with E-state index < -0.39 is 17.7 Å². The van der Waals surface area contributed by atoms with Gasteiger partial charge in [-0.1, -0.05) is 30.8 Å². The Balaban J connectivity index is 1.77. The molecule has 2 atom stereocenters. The molecule has 1 aromatic heterocycles. The van der Waals surface area contributed by atoms with Gasteiger partial charge in [0.25, 0.3) is 0 Å². The predicted octanol–water partition coefficient (Wildman–Crippen LogP) is 3.61. The van der Waals surface area contributed by atoms with Crippen LogP contribution in [0.1, 0.15) is 31.1 Å². The maximum absolute atomic E-state index is 12.4. The Labute approximate surface area is 179 Å². The number of anilines is 1. The number of nitriles is 1. The first-order chi connectivity index (χ1) is 14.4. The number of nitrogens with one attached hydrogen (secondary N) is 1. The number of primary amides is 1. The molecule has 154 valence electrons. The minimum atomic E-state index is -0.774. The van der Waals surface area contributed by atoms with Gasteiger partial charge in [-0.3, -0.25) is 9.59 Å². The summed E-state index contributed by atoms with van der Waals surface area (Å²) >= 11 is 1.17. The van der Waals surface area contributed by atoms with Gasteiger partial charge in [0.15, 0.2) is 0 Å². The lowest BCUT2D eigenvalue weighted by Gasteiger charge is -2.27. The van der Waals surface area contributed by atoms with Gasteiger partial charge in [-0.15, -0.1) is 0 Å². The second-order valence-corrected chi connectivity index (χ2v) is 7.80. The van der Waals surface area contributed by atoms with Crippen molar-refractivity contribution >= 4 is 34.3 Å². The van der Waals surface area contributed by atoms with E-state index in [4.69, 9.17) is 10.2 Å². The van der Waals surface area contributed by atoms with Crippen LogP contribution in [0.2, 0.25) is 0 Å². The van der Waals surface area contributed by atoms with E-state index in [1.807, 2.05) is 24.3 Å². The van der Waals surface area contributed by atoms with Gasteiger partial charge in [0.2, 0.25) is 11.8 Å². The molecule has 8 heteroatoms. The third-order valence-corrected chi connectivity index (χ3v) is 5.88. The van der Waals surface area contributed by atoms with Crippen molar-refractivity contribution in [2.75, 3.05) is 11.1 Å². The van der Waals surface area contributed by atoms with Crippen LogP contribution in [0, 0.1) is 17.2 Å². The predicted molar refractivity (Wildman–Crippen MR) is 117 cm³/mol. The van der Waals surface area contributed by atoms with Crippen molar-refractivity contribution in [2.45, 2.75) is 26.2 Å². The summed E-state index contributed by atoms with van der Waals surface area (Å²) < 4.78 is 5.47. The SMILES string of the molecule is CCc1ccc(NC(=O)CSC2=NC(C)=C(C(N)=O)[C@@H](c3ccco3)C2C#N)cc1. The van der Waals surface area contributed by atoms with Crippen LogP contribution in [0.4, 0.5) is 5.69 Å². The molecule has 0 fully saturated rings. The summed E-state index contributed by atoms with van der Waals surface area (Å²) in [6.45, 7) is 3.73. The van der Waals surface area contributed by atoms with E-state index in [-0.39, 0.29) is 17.2 Å². The molecule has 30 heavy (non-hydrogen) atoms. The van der Waals surface area contributed by atoms with E-state index in [2.05, 4.69) is 23.3 Å². The van der Waals surface area contributed by atoms with Crippen LogP contribution in [0.3, 0.4) is 0 Å². The topological polar surface area (TPSA) is 121 Å². The van der Waals surface area contributed by atoms with Crippen molar-refractivity contribution in [2.24, 2.45) is 16.6 Å². The van der Waals surface area contributed by atoms with Gasteiger partial charge in [-0.25, -0.2) is 4.99 Å². The second-order valence-electron chi connectivity index (χ2n) is 6.80. The molecule has 1 aromatic carbocycles. The number of aliphatic imine (C=N–C) groups is 1. The van der Waals surface area contributed by atoms with Crippen LogP contribution in [0.5, 0.6) is 0 Å². The highest BCUT2D eigenvalue weighted by Crippen LogP contribution is 2.40. The molecule has 7 nitrogen and oxygen atoms in total. The van der Waals surface area contributed by atoms with Gasteiger partial charge < -0.3 is 15.5 Å². The number of nitrogens with two attached hydrogens (primary N) is 1. The average molecular weight is 423 g/mol. The van der Waals surface area contributed by atoms with E-state index in [1.165, 1.54) is 23.6 Å². The number of allylic oxidation sites excluding steroid dienone is 1. The Hall–Kier alpha value is -3.31. The van der Waals surface area contributed by atoms with Crippen molar-refractivity contribution in [1.29, 1.82) is 5.26 Å². The van der Waals surface area contributed by atoms with Crippen molar-refractivity contribution in [3.63, 3.8) is 0 Å². The number of amides is 2. The summed E-state index contributed by atoms with van der Waals surface area (Å²) in [6, 6.07) is 13.2. The molecule has 0 spiro atoms. The van der Waals surface area contributed by atoms with Crippen molar-refractivity contribution in [1.82, 2.24) is 0 Å². The molecule has 0 saturated heterocycles. The third kappa shape index (κ3) is 4.63. The summed E-state index contributed by atoms with van der Waals surface area (Å²) in [5.41, 5.74) is 8.13. The summed E-state index contributed by atoms with van der Waals surface area (Å²) in [6.07, 6.45) is 2.41. The Morgan fingerprint density at radius 1 is 1.30 bits per heavy atom. The molecule has 0 bridgehead atoms. The molecule has 2 aromatic rings. The highest BCUT2D eigenvalue weighted by Gasteiger charge is 2.39. The number of aryl methyl sites for hydroxylation is 1. The van der Waals surface area contributed by atoms with E-state index >= 15 is 0 Å². The highest BCUT2D eigenvalue weighted by atomic mass is 32.2. The van der Waals surface area contributed by atoms with E-state index in [0.29, 0.717) is 22.2 Å². The molecule has 1 unspecified atom stereocenters. The number of rotatable bonds is 6. The van der Waals surface area contributed by atoms with Gasteiger partial charge in [0, 0.05) is 11.4 Å². The Bertz CT molecular complexity index is 1030. The first-order valence-electron chi connectivity index (χ1n) is 9.48. The Morgan fingerprint density at radius 3 is 2.60 bits per heavy atom. The smallest absolute Gasteiger partial charge is 0.247 e. The molecule has 0 saturated carbocycles. The maximum Gasteiger partial charge on any atom is 0.247 e. The average Bonchev–Trinajstić information content (AvgIpc) is 3.26. The van der Waals surface area contributed by atoms with Crippen LogP contribution in [0.15, 0.2) is 63.3 Å². The molecule has 0 radical (unpaired) electrons. The maximum atomic E-state index is 12.4. The first kappa shape index (κ1) is 21.4. The fraction of sp³-hybridized carbons (Fsp3) is 0.273. The molecule has 3 N–H and O–H groups in total. The Morgan fingerprint density at radius 2 is 2.03 bits per heavy atom. The standard InChI is InChI=1S/C22H22N4O3S/c1-3-14-6-8-15(9-7-14)26-18(27)12-30-22-16(11-23)20(17-5-4-10-29-17)19(21(24)28)13(2)25-22/h4-10,16,20H,3,12H2,1-2H3,(H2,24,28)(H,26,27)/t16?,20-/m1/s1. The lowest BCUT2D eigenvalue weighted by Crippen LogP contribution is -2.32. The van der Waals surface area contributed by atoms with E-state index in [9.17, 15) is 14.9 Å². The minimum Gasteiger partial charge on any atom is -0.469 e. The van der Waals surface area contributed by atoms with Crippen LogP contribution in [-0.2, 0) is 16.0 Å². The molecule has 1 aliphatic rings. The van der Waals surface area contributed by atoms with Gasteiger partial charge >= 0.3 is 0 Å². The van der Waals surface area contributed by atoms with Crippen molar-refractivity contribution in [3.8, 4) is 6.07 Å². The lowest BCUT2D eigenvalue weighted by atomic mass is 9.82. The molecular weight excluding hydrogens is 400 g/mol. The summed E-state index contributed by atoms with van der Waals surface area (Å²) in [7, 11) is 0. The zero-order valence-corrected chi connectivity index (χ0v) is 17.5. The van der Waals surface area contributed by atoms with Crippen molar-refractivity contribution in [3.05, 3.63) is 65.3 Å². The van der Waals surface area contributed by atoms with Crippen LogP contribution < -0.4 is 11.1 Å². The van der Waals surface area contributed by atoms with E-state index in [0.717, 1.165) is 6.42 Å². The second kappa shape index (κ2) is 9.46. The van der Waals surface area contributed by atoms with Crippen LogP contribution in [-0.4, -0.2) is 22.6 Å². The van der Waals surface area contributed by atoms with Crippen LogP contribution in [0.25, 0.3) is 0 Å². The fourth-order valence-electron chi connectivity index (χ4n) is 3.35. The first-order valence-corrected chi connectivity index (χ1v) is 10.5. The van der Waals surface area contributed by atoms with E-state index in [1.54, 1.807) is 19.1 Å². The molecule has 0 aliphatic carbocycles. The number of hydrogen-bond donors (Lipinski definition) is 2. The quantitative estimate of drug-likeness (QED) is 0.736. The Kier molecular flexibility index (Phi) is 6.75. The van der Waals surface area contributed by atoms with Gasteiger partial charge in [0.1, 0.15) is 11.7 Å². The summed E-state index contributed by atoms with van der Waals surface area (Å²) in [4.78, 5) is 28.8. The monoisotopic (exact) mass is 422 g/mol. The largest absolute Gasteiger partial charge is 0.469 e. The molecule has 2 heterocycles. The molecule has 2 amide bonds. The lowest BCUT2D eigenvalue weighted by molar-refractivity contribution is -0.115. The number of nitrogens with zero attached hydrogens (tertiary/aromatic N) is 2. The van der Waals surface area contributed by atoms with Gasteiger partial charge in [0.05, 0.1) is 34.6 Å².